The van der Waals surface area contributed by atoms with Crippen LogP contribution in [0.15, 0.2) is 12.1 Å². The lowest BCUT2D eigenvalue weighted by Crippen LogP contribution is -2.12. The van der Waals surface area contributed by atoms with Gasteiger partial charge in [-0.15, -0.1) is 0 Å². The lowest BCUT2D eigenvalue weighted by atomic mass is 10.00. The molecule has 0 heterocycles. The van der Waals surface area contributed by atoms with Crippen molar-refractivity contribution in [2.24, 2.45) is 0 Å². The highest BCUT2D eigenvalue weighted by molar-refractivity contribution is 5.74. The number of phenolic OH excluding ortho intramolecular Hbond substituents is 1. The van der Waals surface area contributed by atoms with Gasteiger partial charge in [-0.2, -0.15) is 0 Å². The molecule has 0 aliphatic rings. The molecule has 1 aromatic rings. The molecule has 4 heteroatoms. The van der Waals surface area contributed by atoms with Crippen molar-refractivity contribution in [2.45, 2.75) is 20.0 Å². The average molecular weight is 196 g/mol. The molecule has 0 aliphatic carbocycles. The molecule has 0 saturated carbocycles. The summed E-state index contributed by atoms with van der Waals surface area (Å²) in [4.78, 5) is 10.5. The van der Waals surface area contributed by atoms with Crippen LogP contribution in [0.5, 0.6) is 5.75 Å². The Kier molecular flexibility index (Phi) is 2.76. The molecule has 0 amide bonds. The molecular formula is C10H12O4. The second kappa shape index (κ2) is 3.67. The summed E-state index contributed by atoms with van der Waals surface area (Å²) in [5.74, 6) is -1.19. The molecule has 3 N–H and O–H groups in total. The highest BCUT2D eigenvalue weighted by Gasteiger charge is 2.18. The predicted octanol–water partition coefficient (Wildman–Crippen LogP) is 1.13. The van der Waals surface area contributed by atoms with E-state index in [1.807, 2.05) is 0 Å². The Bertz CT molecular complexity index is 371. The molecule has 1 unspecified atom stereocenters. The number of rotatable bonds is 2. The summed E-state index contributed by atoms with van der Waals surface area (Å²) in [5.41, 5.74) is 1.42. The Morgan fingerprint density at radius 3 is 2.36 bits per heavy atom. The third-order valence-corrected chi connectivity index (χ3v) is 2.11. The van der Waals surface area contributed by atoms with Gasteiger partial charge in [0.25, 0.3) is 0 Å². The summed E-state index contributed by atoms with van der Waals surface area (Å²) in [6, 6.07) is 2.92. The van der Waals surface area contributed by atoms with Crippen LogP contribution in [0.3, 0.4) is 0 Å². The van der Waals surface area contributed by atoms with E-state index in [1.165, 1.54) is 12.1 Å². The van der Waals surface area contributed by atoms with E-state index in [2.05, 4.69) is 0 Å². The lowest BCUT2D eigenvalue weighted by molar-refractivity contribution is -0.147. The lowest BCUT2D eigenvalue weighted by Gasteiger charge is -2.11. The van der Waals surface area contributed by atoms with E-state index in [9.17, 15) is 15.0 Å². The number of aliphatic hydroxyl groups excluding tert-OH is 1. The molecule has 1 aromatic carbocycles. The van der Waals surface area contributed by atoms with Gasteiger partial charge in [0.1, 0.15) is 5.75 Å². The third kappa shape index (κ3) is 1.85. The minimum absolute atomic E-state index is 0.101. The molecule has 1 atom stereocenters. The molecule has 0 spiro atoms. The Morgan fingerprint density at radius 2 is 1.86 bits per heavy atom. The molecular weight excluding hydrogens is 184 g/mol. The predicted molar refractivity (Wildman–Crippen MR) is 50.2 cm³/mol. The molecule has 0 aromatic heterocycles. The molecule has 0 saturated heterocycles. The van der Waals surface area contributed by atoms with Crippen LogP contribution in [0.2, 0.25) is 0 Å². The number of aliphatic carboxylic acids is 1. The SMILES string of the molecule is Cc1cc(C(O)C(=O)O)c(C)cc1O. The van der Waals surface area contributed by atoms with Crippen molar-refractivity contribution < 1.29 is 20.1 Å². The molecule has 0 radical (unpaired) electrons. The van der Waals surface area contributed by atoms with Gasteiger partial charge in [0, 0.05) is 0 Å². The maximum absolute atomic E-state index is 10.5. The molecule has 14 heavy (non-hydrogen) atoms. The summed E-state index contributed by atoms with van der Waals surface area (Å²) >= 11 is 0. The zero-order valence-electron chi connectivity index (χ0n) is 7.98. The van der Waals surface area contributed by atoms with Gasteiger partial charge in [-0.3, -0.25) is 0 Å². The Morgan fingerprint density at radius 1 is 1.29 bits per heavy atom. The van der Waals surface area contributed by atoms with Crippen LogP contribution < -0.4 is 0 Å². The minimum Gasteiger partial charge on any atom is -0.508 e. The third-order valence-electron chi connectivity index (χ3n) is 2.11. The highest BCUT2D eigenvalue weighted by Crippen LogP contribution is 2.25. The second-order valence-corrected chi connectivity index (χ2v) is 3.24. The van der Waals surface area contributed by atoms with Crippen molar-refractivity contribution in [3.05, 3.63) is 28.8 Å². The van der Waals surface area contributed by atoms with Crippen LogP contribution >= 0.6 is 0 Å². The fourth-order valence-electron chi connectivity index (χ4n) is 1.25. The van der Waals surface area contributed by atoms with E-state index < -0.39 is 12.1 Å². The van der Waals surface area contributed by atoms with Gasteiger partial charge in [0.05, 0.1) is 0 Å². The summed E-state index contributed by atoms with van der Waals surface area (Å²) in [6.45, 7) is 3.29. The molecule has 76 valence electrons. The van der Waals surface area contributed by atoms with Crippen LogP contribution in [0.4, 0.5) is 0 Å². The van der Waals surface area contributed by atoms with Crippen molar-refractivity contribution in [3.8, 4) is 5.75 Å². The zero-order chi connectivity index (χ0) is 10.9. The number of aliphatic hydroxyl groups is 1. The Labute approximate surface area is 81.4 Å². The quantitative estimate of drug-likeness (QED) is 0.662. The van der Waals surface area contributed by atoms with E-state index in [1.54, 1.807) is 13.8 Å². The van der Waals surface area contributed by atoms with Crippen molar-refractivity contribution in [1.82, 2.24) is 0 Å². The number of carboxylic acids is 1. The maximum atomic E-state index is 10.5. The normalized spacial score (nSPS) is 12.5. The number of aromatic hydroxyl groups is 1. The van der Waals surface area contributed by atoms with Crippen LogP contribution in [0.25, 0.3) is 0 Å². The fraction of sp³-hybridized carbons (Fsp3) is 0.300. The zero-order valence-corrected chi connectivity index (χ0v) is 7.98. The first-order valence-electron chi connectivity index (χ1n) is 4.14. The van der Waals surface area contributed by atoms with Gasteiger partial charge in [-0.25, -0.2) is 4.79 Å². The first-order valence-corrected chi connectivity index (χ1v) is 4.14. The maximum Gasteiger partial charge on any atom is 0.337 e. The Balaban J connectivity index is 3.22. The van der Waals surface area contributed by atoms with Crippen molar-refractivity contribution in [3.63, 3.8) is 0 Å². The van der Waals surface area contributed by atoms with Crippen LogP contribution in [0.1, 0.15) is 22.8 Å². The standard InChI is InChI=1S/C10H12O4/c1-5-4-8(11)6(2)3-7(5)9(12)10(13)14/h3-4,9,11-12H,1-2H3,(H,13,14). The van der Waals surface area contributed by atoms with Crippen LogP contribution in [-0.2, 0) is 4.79 Å². The number of aryl methyl sites for hydroxylation is 2. The van der Waals surface area contributed by atoms with E-state index >= 15 is 0 Å². The van der Waals surface area contributed by atoms with Gasteiger partial charge in [-0.05, 0) is 42.7 Å². The Hall–Kier alpha value is -1.55. The second-order valence-electron chi connectivity index (χ2n) is 3.24. The van der Waals surface area contributed by atoms with E-state index in [-0.39, 0.29) is 5.75 Å². The van der Waals surface area contributed by atoms with Gasteiger partial charge in [0.2, 0.25) is 0 Å². The van der Waals surface area contributed by atoms with E-state index in [4.69, 9.17) is 5.11 Å². The average Bonchev–Trinajstić information content (AvgIpc) is 2.10. The number of phenols is 1. The van der Waals surface area contributed by atoms with Crippen LogP contribution in [0, 0.1) is 13.8 Å². The molecule has 0 fully saturated rings. The van der Waals surface area contributed by atoms with Gasteiger partial charge < -0.3 is 15.3 Å². The monoisotopic (exact) mass is 196 g/mol. The van der Waals surface area contributed by atoms with E-state index in [0.29, 0.717) is 16.7 Å². The summed E-state index contributed by atoms with van der Waals surface area (Å²) in [7, 11) is 0. The van der Waals surface area contributed by atoms with Crippen molar-refractivity contribution in [1.29, 1.82) is 0 Å². The molecule has 1 rings (SSSR count). The fourth-order valence-corrected chi connectivity index (χ4v) is 1.25. The highest BCUT2D eigenvalue weighted by atomic mass is 16.4. The first-order chi connectivity index (χ1) is 6.43. The number of hydrogen-bond donors (Lipinski definition) is 3. The van der Waals surface area contributed by atoms with Gasteiger partial charge in [0.15, 0.2) is 6.10 Å². The summed E-state index contributed by atoms with van der Waals surface area (Å²) < 4.78 is 0. The van der Waals surface area contributed by atoms with Crippen LogP contribution in [-0.4, -0.2) is 21.3 Å². The molecule has 0 bridgehead atoms. The first kappa shape index (κ1) is 10.5. The van der Waals surface area contributed by atoms with Gasteiger partial charge >= 0.3 is 5.97 Å². The molecule has 0 aliphatic heterocycles. The number of carboxylic acid groups (broad SMARTS) is 1. The molecule has 4 nitrogen and oxygen atoms in total. The minimum atomic E-state index is -1.53. The van der Waals surface area contributed by atoms with Gasteiger partial charge in [-0.1, -0.05) is 0 Å². The number of carbonyl (C=O) groups is 1. The van der Waals surface area contributed by atoms with Crippen molar-refractivity contribution >= 4 is 5.97 Å². The number of benzene rings is 1. The number of hydrogen-bond acceptors (Lipinski definition) is 3. The van der Waals surface area contributed by atoms with E-state index in [0.717, 1.165) is 0 Å². The smallest absolute Gasteiger partial charge is 0.337 e. The summed E-state index contributed by atoms with van der Waals surface area (Å²) in [6.07, 6.45) is -1.53. The topological polar surface area (TPSA) is 77.8 Å². The van der Waals surface area contributed by atoms with Crippen molar-refractivity contribution in [2.75, 3.05) is 0 Å². The largest absolute Gasteiger partial charge is 0.508 e. The summed E-state index contributed by atoms with van der Waals surface area (Å²) in [5, 5.41) is 27.2.